The van der Waals surface area contributed by atoms with Gasteiger partial charge in [0.25, 0.3) is 0 Å². The van der Waals surface area contributed by atoms with E-state index in [9.17, 15) is 0 Å². The number of piperidine rings is 1. The van der Waals surface area contributed by atoms with E-state index in [1.54, 1.807) is 6.20 Å². The first-order valence-electron chi connectivity index (χ1n) is 7.55. The highest BCUT2D eigenvalue weighted by molar-refractivity contribution is 5.10. The average Bonchev–Trinajstić information content (AvgIpc) is 2.56. The maximum absolute atomic E-state index is 5.76. The van der Waals surface area contributed by atoms with Gasteiger partial charge < -0.3 is 4.74 Å². The molecule has 1 aliphatic rings. The van der Waals surface area contributed by atoms with Crippen molar-refractivity contribution >= 4 is 0 Å². The quantitative estimate of drug-likeness (QED) is 0.845. The molecule has 2 aromatic heterocycles. The summed E-state index contributed by atoms with van der Waals surface area (Å²) in [6.45, 7) is 4.08. The lowest BCUT2D eigenvalue weighted by atomic mass is 9.97. The fraction of sp³-hybridized carbons (Fsp3) is 0.412. The summed E-state index contributed by atoms with van der Waals surface area (Å²) in [6, 6.07) is 9.97. The van der Waals surface area contributed by atoms with Crippen LogP contribution >= 0.6 is 0 Å². The number of aromatic nitrogens is 2. The average molecular weight is 283 g/mol. The van der Waals surface area contributed by atoms with Crippen LogP contribution in [0.15, 0.2) is 48.9 Å². The second-order valence-corrected chi connectivity index (χ2v) is 5.55. The molecule has 0 N–H and O–H groups in total. The van der Waals surface area contributed by atoms with E-state index in [1.165, 1.54) is 18.4 Å². The topological polar surface area (TPSA) is 38.2 Å². The fourth-order valence-electron chi connectivity index (χ4n) is 2.69. The third-order valence-electron chi connectivity index (χ3n) is 3.97. The van der Waals surface area contributed by atoms with Crippen molar-refractivity contribution in [3.8, 4) is 5.88 Å². The number of likely N-dealkylation sites (tertiary alicyclic amines) is 1. The molecule has 0 bridgehead atoms. The molecule has 21 heavy (non-hydrogen) atoms. The van der Waals surface area contributed by atoms with Gasteiger partial charge in [0.2, 0.25) is 5.88 Å². The van der Waals surface area contributed by atoms with Crippen LogP contribution in [0.2, 0.25) is 0 Å². The van der Waals surface area contributed by atoms with Crippen molar-refractivity contribution in [1.29, 1.82) is 0 Å². The lowest BCUT2D eigenvalue weighted by molar-refractivity contribution is 0.134. The molecule has 4 heteroatoms. The third kappa shape index (κ3) is 4.26. The Morgan fingerprint density at radius 1 is 1.05 bits per heavy atom. The maximum Gasteiger partial charge on any atom is 0.213 e. The van der Waals surface area contributed by atoms with Gasteiger partial charge in [-0.25, -0.2) is 4.98 Å². The number of hydrogen-bond acceptors (Lipinski definition) is 4. The zero-order valence-corrected chi connectivity index (χ0v) is 12.2. The largest absolute Gasteiger partial charge is 0.477 e. The summed E-state index contributed by atoms with van der Waals surface area (Å²) in [5.74, 6) is 1.37. The Morgan fingerprint density at radius 2 is 1.86 bits per heavy atom. The van der Waals surface area contributed by atoms with E-state index in [4.69, 9.17) is 4.74 Å². The monoisotopic (exact) mass is 283 g/mol. The molecule has 0 aromatic carbocycles. The highest BCUT2D eigenvalue weighted by atomic mass is 16.5. The van der Waals surface area contributed by atoms with Crippen molar-refractivity contribution in [2.45, 2.75) is 19.4 Å². The van der Waals surface area contributed by atoms with E-state index < -0.39 is 0 Å². The molecule has 3 heterocycles. The van der Waals surface area contributed by atoms with Gasteiger partial charge in [0, 0.05) is 31.2 Å². The highest BCUT2D eigenvalue weighted by Crippen LogP contribution is 2.20. The van der Waals surface area contributed by atoms with Gasteiger partial charge in [0.15, 0.2) is 0 Å². The summed E-state index contributed by atoms with van der Waals surface area (Å²) in [5.41, 5.74) is 1.34. The molecular formula is C17H21N3O. The molecule has 0 saturated carbocycles. The van der Waals surface area contributed by atoms with Gasteiger partial charge in [-0.2, -0.15) is 0 Å². The summed E-state index contributed by atoms with van der Waals surface area (Å²) < 4.78 is 5.76. The molecule has 1 fully saturated rings. The van der Waals surface area contributed by atoms with Crippen LogP contribution in [-0.4, -0.2) is 34.6 Å². The van der Waals surface area contributed by atoms with E-state index in [1.807, 2.05) is 30.6 Å². The Morgan fingerprint density at radius 3 is 2.57 bits per heavy atom. The van der Waals surface area contributed by atoms with Gasteiger partial charge in [-0.05, 0) is 55.6 Å². The lowest BCUT2D eigenvalue weighted by Gasteiger charge is -2.31. The Bertz CT molecular complexity index is 524. The van der Waals surface area contributed by atoms with Crippen LogP contribution in [0, 0.1) is 5.92 Å². The van der Waals surface area contributed by atoms with Crippen molar-refractivity contribution in [2.75, 3.05) is 19.7 Å². The number of rotatable bonds is 5. The molecule has 0 aliphatic carbocycles. The molecule has 1 saturated heterocycles. The third-order valence-corrected chi connectivity index (χ3v) is 3.97. The molecule has 3 rings (SSSR count). The Hall–Kier alpha value is -1.94. The zero-order valence-electron chi connectivity index (χ0n) is 12.2. The fourth-order valence-corrected chi connectivity index (χ4v) is 2.69. The predicted molar refractivity (Wildman–Crippen MR) is 82.0 cm³/mol. The van der Waals surface area contributed by atoms with Gasteiger partial charge in [0.05, 0.1) is 6.61 Å². The van der Waals surface area contributed by atoms with E-state index >= 15 is 0 Å². The van der Waals surface area contributed by atoms with E-state index in [0.29, 0.717) is 5.92 Å². The normalized spacial score (nSPS) is 16.8. The summed E-state index contributed by atoms with van der Waals surface area (Å²) in [7, 11) is 0. The summed E-state index contributed by atoms with van der Waals surface area (Å²) in [6.07, 6.45) is 7.88. The predicted octanol–water partition coefficient (Wildman–Crippen LogP) is 2.77. The van der Waals surface area contributed by atoms with E-state index in [0.717, 1.165) is 32.1 Å². The zero-order chi connectivity index (χ0) is 14.3. The van der Waals surface area contributed by atoms with Crippen LogP contribution in [0.4, 0.5) is 0 Å². The molecular weight excluding hydrogens is 262 g/mol. The molecule has 110 valence electrons. The van der Waals surface area contributed by atoms with Crippen molar-refractivity contribution in [3.05, 3.63) is 54.5 Å². The summed E-state index contributed by atoms with van der Waals surface area (Å²) in [5, 5.41) is 0. The first kappa shape index (κ1) is 14.0. The van der Waals surface area contributed by atoms with Crippen LogP contribution in [0.1, 0.15) is 18.4 Å². The maximum atomic E-state index is 5.76. The number of nitrogens with zero attached hydrogens (tertiary/aromatic N) is 3. The van der Waals surface area contributed by atoms with Crippen molar-refractivity contribution in [3.63, 3.8) is 0 Å². The Kier molecular flexibility index (Phi) is 4.79. The van der Waals surface area contributed by atoms with Crippen LogP contribution < -0.4 is 4.74 Å². The Balaban J connectivity index is 1.41. The van der Waals surface area contributed by atoms with Crippen molar-refractivity contribution < 1.29 is 4.74 Å². The molecule has 0 radical (unpaired) electrons. The second kappa shape index (κ2) is 7.18. The molecule has 0 atom stereocenters. The highest BCUT2D eigenvalue weighted by Gasteiger charge is 2.19. The van der Waals surface area contributed by atoms with Crippen LogP contribution in [0.25, 0.3) is 0 Å². The van der Waals surface area contributed by atoms with E-state index in [2.05, 4.69) is 27.0 Å². The van der Waals surface area contributed by atoms with Crippen LogP contribution in [-0.2, 0) is 6.54 Å². The molecule has 2 aromatic rings. The first-order valence-corrected chi connectivity index (χ1v) is 7.55. The minimum absolute atomic E-state index is 0.640. The van der Waals surface area contributed by atoms with Gasteiger partial charge in [-0.3, -0.25) is 9.88 Å². The standard InChI is InChI=1S/C17H21N3O/c1-2-8-19-17(3-1)21-14-16-6-11-20(12-7-16)13-15-4-9-18-10-5-15/h1-5,8-10,16H,6-7,11-14H2. The SMILES string of the molecule is c1ccc(OCC2CCN(Cc3ccncc3)CC2)nc1. The summed E-state index contributed by atoms with van der Waals surface area (Å²) in [4.78, 5) is 10.8. The minimum Gasteiger partial charge on any atom is -0.477 e. The van der Waals surface area contributed by atoms with E-state index in [-0.39, 0.29) is 0 Å². The first-order chi connectivity index (χ1) is 10.4. The van der Waals surface area contributed by atoms with Crippen molar-refractivity contribution in [2.24, 2.45) is 5.92 Å². The Labute approximate surface area is 125 Å². The van der Waals surface area contributed by atoms with Gasteiger partial charge in [-0.1, -0.05) is 6.07 Å². The second-order valence-electron chi connectivity index (χ2n) is 5.55. The molecule has 4 nitrogen and oxygen atoms in total. The van der Waals surface area contributed by atoms with Gasteiger partial charge >= 0.3 is 0 Å². The number of ether oxygens (including phenoxy) is 1. The smallest absolute Gasteiger partial charge is 0.213 e. The molecule has 0 spiro atoms. The lowest BCUT2D eigenvalue weighted by Crippen LogP contribution is -2.35. The molecule has 0 unspecified atom stereocenters. The molecule has 0 amide bonds. The van der Waals surface area contributed by atoms with Crippen molar-refractivity contribution in [1.82, 2.24) is 14.9 Å². The number of hydrogen-bond donors (Lipinski definition) is 0. The number of pyridine rings is 2. The summed E-state index contributed by atoms with van der Waals surface area (Å²) >= 11 is 0. The van der Waals surface area contributed by atoms with Gasteiger partial charge in [-0.15, -0.1) is 0 Å². The van der Waals surface area contributed by atoms with Gasteiger partial charge in [0.1, 0.15) is 0 Å². The van der Waals surface area contributed by atoms with Crippen LogP contribution in [0.5, 0.6) is 5.88 Å². The van der Waals surface area contributed by atoms with Crippen LogP contribution in [0.3, 0.4) is 0 Å². The minimum atomic E-state index is 0.640. The molecule has 1 aliphatic heterocycles.